The largest absolute Gasteiger partial charge is 0.370 e. The Labute approximate surface area is 223 Å². The maximum absolute atomic E-state index is 14.5. The molecule has 3 rings (SSSR count). The van der Waals surface area contributed by atoms with Gasteiger partial charge in [-0.05, 0) is 77.6 Å². The van der Waals surface area contributed by atoms with E-state index >= 15 is 0 Å². The highest BCUT2D eigenvalue weighted by Gasteiger charge is 2.31. The zero-order valence-corrected chi connectivity index (χ0v) is 23.9. The Hall–Kier alpha value is -3.40. The third kappa shape index (κ3) is 5.49. The van der Waals surface area contributed by atoms with Crippen LogP contribution in [-0.4, -0.2) is 37.7 Å². The Morgan fingerprint density at radius 2 is 1.16 bits per heavy atom. The van der Waals surface area contributed by atoms with Crippen LogP contribution in [-0.2, 0) is 6.42 Å². The van der Waals surface area contributed by atoms with E-state index in [4.69, 9.17) is 0 Å². The Kier molecular flexibility index (Phi) is 9.31. The molecule has 4 nitrogen and oxygen atoms in total. The predicted octanol–water partition coefficient (Wildman–Crippen LogP) is 7.33. The molecule has 0 heterocycles. The summed E-state index contributed by atoms with van der Waals surface area (Å²) in [6.07, 6.45) is 0.660. The van der Waals surface area contributed by atoms with Gasteiger partial charge in [0, 0.05) is 42.9 Å². The van der Waals surface area contributed by atoms with Crippen LogP contribution in [0.3, 0.4) is 0 Å². The van der Waals surface area contributed by atoms with Gasteiger partial charge in [-0.1, -0.05) is 55.0 Å². The molecule has 0 spiro atoms. The number of hydrogen-bond acceptors (Lipinski definition) is 4. The molecule has 4 heteroatoms. The summed E-state index contributed by atoms with van der Waals surface area (Å²) in [4.78, 5) is 33.0. The predicted molar refractivity (Wildman–Crippen MR) is 157 cm³/mol. The Balaban J connectivity index is 2.49. The van der Waals surface area contributed by atoms with Crippen LogP contribution in [0.5, 0.6) is 0 Å². The molecule has 0 aliphatic carbocycles. The van der Waals surface area contributed by atoms with Crippen molar-refractivity contribution >= 4 is 22.9 Å². The second-order valence-corrected chi connectivity index (χ2v) is 9.65. The molecule has 0 aliphatic heterocycles. The number of hydrogen-bond donors (Lipinski definition) is 0. The monoisotopic (exact) mass is 498 g/mol. The maximum atomic E-state index is 14.5. The van der Waals surface area contributed by atoms with Crippen LogP contribution in [0, 0.1) is 20.8 Å². The van der Waals surface area contributed by atoms with Gasteiger partial charge in [-0.3, -0.25) is 9.59 Å². The van der Waals surface area contributed by atoms with Crippen LogP contribution < -0.4 is 9.80 Å². The molecule has 0 atom stereocenters. The molecule has 0 saturated carbocycles. The molecule has 0 fully saturated rings. The average molecular weight is 499 g/mol. The SMILES string of the molecule is CCc1cc(C(=O)c2ccccc2)c(N(CC)CC)c(N(CC)CC)c1C(=O)c1c(C)cc(C)cc1C. The standard InChI is InChI=1S/C33H42N2O2/c1-9-25-21-27(32(36)26-17-15-14-16-18-26)30(34(10-2)11-3)31(35(12-4)13-5)29(25)33(37)28-23(7)19-22(6)20-24(28)8/h14-21H,9-13H2,1-8H3. The lowest BCUT2D eigenvalue weighted by Gasteiger charge is -2.35. The van der Waals surface area contributed by atoms with Gasteiger partial charge in [0.05, 0.1) is 16.9 Å². The fourth-order valence-corrected chi connectivity index (χ4v) is 5.53. The third-order valence-corrected chi connectivity index (χ3v) is 7.31. The Morgan fingerprint density at radius 1 is 0.649 bits per heavy atom. The maximum Gasteiger partial charge on any atom is 0.196 e. The van der Waals surface area contributed by atoms with Crippen molar-refractivity contribution in [1.29, 1.82) is 0 Å². The van der Waals surface area contributed by atoms with Crippen LogP contribution in [0.4, 0.5) is 11.4 Å². The molecule has 0 N–H and O–H groups in total. The summed E-state index contributed by atoms with van der Waals surface area (Å²) in [6.45, 7) is 19.6. The lowest BCUT2D eigenvalue weighted by Crippen LogP contribution is -2.32. The van der Waals surface area contributed by atoms with Crippen molar-refractivity contribution in [3.63, 3.8) is 0 Å². The molecule has 0 radical (unpaired) electrons. The molecule has 0 bridgehead atoms. The van der Waals surface area contributed by atoms with E-state index in [0.29, 0.717) is 17.5 Å². The molecule has 196 valence electrons. The molecular weight excluding hydrogens is 456 g/mol. The Bertz CT molecular complexity index is 1250. The first-order valence-electron chi connectivity index (χ1n) is 13.7. The Morgan fingerprint density at radius 3 is 1.65 bits per heavy atom. The van der Waals surface area contributed by atoms with E-state index in [1.807, 2.05) is 50.2 Å². The first-order valence-corrected chi connectivity index (χ1v) is 13.7. The molecule has 0 aliphatic rings. The van der Waals surface area contributed by atoms with Crippen LogP contribution in [0.25, 0.3) is 0 Å². The second-order valence-electron chi connectivity index (χ2n) is 9.65. The average Bonchev–Trinajstić information content (AvgIpc) is 2.89. The van der Waals surface area contributed by atoms with Gasteiger partial charge in [-0.2, -0.15) is 0 Å². The highest BCUT2D eigenvalue weighted by atomic mass is 16.1. The fourth-order valence-electron chi connectivity index (χ4n) is 5.53. The smallest absolute Gasteiger partial charge is 0.196 e. The number of benzene rings is 3. The van der Waals surface area contributed by atoms with Crippen LogP contribution in [0.2, 0.25) is 0 Å². The molecule has 37 heavy (non-hydrogen) atoms. The van der Waals surface area contributed by atoms with Gasteiger partial charge < -0.3 is 9.80 Å². The van der Waals surface area contributed by atoms with Crippen LogP contribution in [0.15, 0.2) is 48.5 Å². The number of rotatable bonds is 11. The van der Waals surface area contributed by atoms with Gasteiger partial charge in [-0.25, -0.2) is 0 Å². The molecule has 0 aromatic heterocycles. The molecule has 3 aromatic carbocycles. The molecule has 0 amide bonds. The lowest BCUT2D eigenvalue weighted by molar-refractivity contribution is 0.102. The highest BCUT2D eigenvalue weighted by molar-refractivity contribution is 6.20. The lowest BCUT2D eigenvalue weighted by atomic mass is 9.85. The van der Waals surface area contributed by atoms with E-state index in [1.54, 1.807) is 0 Å². The van der Waals surface area contributed by atoms with E-state index in [2.05, 4.69) is 63.5 Å². The fraction of sp³-hybridized carbons (Fsp3) is 0.394. The summed E-state index contributed by atoms with van der Waals surface area (Å²) in [5, 5.41) is 0. The van der Waals surface area contributed by atoms with E-state index in [9.17, 15) is 9.59 Å². The minimum atomic E-state index is -0.00713. The molecule has 3 aromatic rings. The minimum Gasteiger partial charge on any atom is -0.370 e. The molecule has 0 saturated heterocycles. The number of nitrogens with zero attached hydrogens (tertiary/aromatic N) is 2. The first-order chi connectivity index (χ1) is 17.7. The zero-order valence-electron chi connectivity index (χ0n) is 23.9. The van der Waals surface area contributed by atoms with Crippen LogP contribution in [0.1, 0.15) is 88.7 Å². The van der Waals surface area contributed by atoms with Crippen molar-refractivity contribution in [3.8, 4) is 0 Å². The van der Waals surface area contributed by atoms with E-state index in [1.165, 1.54) is 0 Å². The number of carbonyl (C=O) groups is 2. The van der Waals surface area contributed by atoms with Crippen molar-refractivity contribution in [1.82, 2.24) is 0 Å². The minimum absolute atomic E-state index is 0.00713. The number of aryl methyl sites for hydroxylation is 4. The number of carbonyl (C=O) groups excluding carboxylic acids is 2. The van der Waals surface area contributed by atoms with Gasteiger partial charge in [0.1, 0.15) is 0 Å². The zero-order chi connectivity index (χ0) is 27.3. The van der Waals surface area contributed by atoms with Crippen molar-refractivity contribution < 1.29 is 9.59 Å². The van der Waals surface area contributed by atoms with Gasteiger partial charge in [0.2, 0.25) is 0 Å². The van der Waals surface area contributed by atoms with Crippen LogP contribution >= 0.6 is 0 Å². The van der Waals surface area contributed by atoms with Crippen molar-refractivity contribution in [2.24, 2.45) is 0 Å². The highest BCUT2D eigenvalue weighted by Crippen LogP contribution is 2.42. The van der Waals surface area contributed by atoms with Gasteiger partial charge in [0.15, 0.2) is 11.6 Å². The van der Waals surface area contributed by atoms with Crippen molar-refractivity contribution in [2.45, 2.75) is 61.8 Å². The molecular formula is C33H42N2O2. The summed E-state index contributed by atoms with van der Waals surface area (Å²) in [5.74, 6) is 0.0353. The summed E-state index contributed by atoms with van der Waals surface area (Å²) in [6, 6.07) is 15.6. The summed E-state index contributed by atoms with van der Waals surface area (Å²) < 4.78 is 0. The topological polar surface area (TPSA) is 40.6 Å². The quantitative estimate of drug-likeness (QED) is 0.260. The van der Waals surface area contributed by atoms with E-state index in [-0.39, 0.29) is 11.6 Å². The normalized spacial score (nSPS) is 10.9. The van der Waals surface area contributed by atoms with Crippen molar-refractivity contribution in [3.05, 3.63) is 93.0 Å². The van der Waals surface area contributed by atoms with Gasteiger partial charge in [-0.15, -0.1) is 0 Å². The summed E-state index contributed by atoms with van der Waals surface area (Å²) in [7, 11) is 0. The number of anilines is 2. The number of ketones is 2. The molecule has 0 unspecified atom stereocenters. The van der Waals surface area contributed by atoms with Gasteiger partial charge in [0.25, 0.3) is 0 Å². The first kappa shape index (κ1) is 28.2. The second kappa shape index (κ2) is 12.2. The van der Waals surface area contributed by atoms with E-state index < -0.39 is 0 Å². The summed E-state index contributed by atoms with van der Waals surface area (Å²) in [5.41, 5.74) is 8.62. The van der Waals surface area contributed by atoms with Gasteiger partial charge >= 0.3 is 0 Å². The third-order valence-electron chi connectivity index (χ3n) is 7.31. The summed E-state index contributed by atoms with van der Waals surface area (Å²) >= 11 is 0. The van der Waals surface area contributed by atoms with E-state index in [0.717, 1.165) is 70.9 Å². The van der Waals surface area contributed by atoms with Crippen molar-refractivity contribution in [2.75, 3.05) is 36.0 Å².